The van der Waals surface area contributed by atoms with Gasteiger partial charge in [-0.2, -0.15) is 0 Å². The zero-order chi connectivity index (χ0) is 16.9. The topological polar surface area (TPSA) is 51.2 Å². The molecule has 2 aromatic carbocycles. The normalized spacial score (nSPS) is 10.5. The molecule has 0 aliphatic heterocycles. The summed E-state index contributed by atoms with van der Waals surface area (Å²) in [5.41, 5.74) is 3.47. The van der Waals surface area contributed by atoms with Gasteiger partial charge in [0.1, 0.15) is 6.61 Å². The maximum Gasteiger partial charge on any atom is 0.251 e. The Labute approximate surface area is 142 Å². The van der Waals surface area contributed by atoms with Gasteiger partial charge in [-0.25, -0.2) is 9.37 Å². The Bertz CT molecular complexity index is 892. The van der Waals surface area contributed by atoms with Crippen LogP contribution < -0.4 is 10.1 Å². The van der Waals surface area contributed by atoms with Gasteiger partial charge in [0.05, 0.1) is 15.7 Å². The van der Waals surface area contributed by atoms with Crippen LogP contribution >= 0.6 is 11.3 Å². The average molecular weight is 342 g/mol. The molecular weight excluding hydrogens is 327 g/mol. The lowest BCUT2D eigenvalue weighted by atomic mass is 10.1. The number of hydrogen-bond donors (Lipinski definition) is 1. The molecule has 0 spiro atoms. The Kier molecular flexibility index (Phi) is 4.86. The van der Waals surface area contributed by atoms with Crippen molar-refractivity contribution in [1.82, 2.24) is 10.3 Å². The monoisotopic (exact) mass is 342 g/mol. The van der Waals surface area contributed by atoms with E-state index in [4.69, 9.17) is 4.74 Å². The van der Waals surface area contributed by atoms with E-state index >= 15 is 0 Å². The number of nitrogens with one attached hydrogen (secondary N) is 1. The molecule has 1 aromatic heterocycles. The van der Waals surface area contributed by atoms with Crippen molar-refractivity contribution >= 4 is 27.5 Å². The van der Waals surface area contributed by atoms with Crippen LogP contribution in [0.1, 0.15) is 15.9 Å². The number of halogens is 1. The van der Waals surface area contributed by atoms with Crippen LogP contribution in [0.5, 0.6) is 5.75 Å². The van der Waals surface area contributed by atoms with Crippen molar-refractivity contribution in [1.29, 1.82) is 0 Å². The van der Waals surface area contributed by atoms with E-state index in [9.17, 15) is 9.18 Å². The molecule has 1 heterocycles. The van der Waals surface area contributed by atoms with Gasteiger partial charge in [0.25, 0.3) is 5.91 Å². The molecule has 0 fully saturated rings. The van der Waals surface area contributed by atoms with Crippen molar-refractivity contribution in [2.45, 2.75) is 6.54 Å². The predicted octanol–water partition coefficient (Wildman–Crippen LogP) is 3.93. The Hall–Kier alpha value is -2.73. The zero-order valence-corrected chi connectivity index (χ0v) is 13.6. The average Bonchev–Trinajstić information content (AvgIpc) is 3.07. The molecule has 0 aliphatic carbocycles. The minimum Gasteiger partial charge on any atom is -0.486 e. The lowest BCUT2D eigenvalue weighted by Crippen LogP contribution is -2.23. The fourth-order valence-corrected chi connectivity index (χ4v) is 2.94. The SMILES string of the molecule is C=CCOc1cccc(CNC(=O)c2ccc3ncsc3c2)c1F. The van der Waals surface area contributed by atoms with Crippen LogP contribution in [0, 0.1) is 5.82 Å². The molecule has 0 aliphatic rings. The molecule has 4 nitrogen and oxygen atoms in total. The molecule has 0 radical (unpaired) electrons. The molecule has 0 saturated heterocycles. The van der Waals surface area contributed by atoms with Gasteiger partial charge in [0.2, 0.25) is 0 Å². The van der Waals surface area contributed by atoms with E-state index < -0.39 is 5.82 Å². The van der Waals surface area contributed by atoms with Crippen LogP contribution in [0.15, 0.2) is 54.6 Å². The Morgan fingerprint density at radius 2 is 2.25 bits per heavy atom. The van der Waals surface area contributed by atoms with Crippen molar-refractivity contribution < 1.29 is 13.9 Å². The highest BCUT2D eigenvalue weighted by molar-refractivity contribution is 7.16. The van der Waals surface area contributed by atoms with Crippen LogP contribution in [0.3, 0.4) is 0 Å². The summed E-state index contributed by atoms with van der Waals surface area (Å²) in [5.74, 6) is -0.590. The van der Waals surface area contributed by atoms with Crippen LogP contribution in [0.4, 0.5) is 4.39 Å². The third kappa shape index (κ3) is 3.44. The van der Waals surface area contributed by atoms with E-state index in [1.807, 2.05) is 0 Å². The molecule has 3 aromatic rings. The number of rotatable bonds is 6. The molecule has 0 atom stereocenters. The summed E-state index contributed by atoms with van der Waals surface area (Å²) in [6.07, 6.45) is 1.55. The summed E-state index contributed by atoms with van der Waals surface area (Å²) in [4.78, 5) is 16.4. The number of nitrogens with zero attached hydrogens (tertiary/aromatic N) is 1. The molecule has 3 rings (SSSR count). The molecule has 0 bridgehead atoms. The second kappa shape index (κ2) is 7.23. The van der Waals surface area contributed by atoms with Gasteiger partial charge in [-0.3, -0.25) is 4.79 Å². The number of amides is 1. The largest absolute Gasteiger partial charge is 0.486 e. The lowest BCUT2D eigenvalue weighted by molar-refractivity contribution is 0.0950. The lowest BCUT2D eigenvalue weighted by Gasteiger charge is -2.10. The maximum absolute atomic E-state index is 14.3. The fraction of sp³-hybridized carbons (Fsp3) is 0.111. The number of ether oxygens (including phenoxy) is 1. The Balaban J connectivity index is 1.70. The summed E-state index contributed by atoms with van der Waals surface area (Å²) in [5, 5.41) is 2.73. The smallest absolute Gasteiger partial charge is 0.251 e. The predicted molar refractivity (Wildman–Crippen MR) is 92.9 cm³/mol. The summed E-state index contributed by atoms with van der Waals surface area (Å²) < 4.78 is 20.5. The molecule has 122 valence electrons. The number of carbonyl (C=O) groups excluding carboxylic acids is 1. The molecule has 24 heavy (non-hydrogen) atoms. The summed E-state index contributed by atoms with van der Waals surface area (Å²) in [7, 11) is 0. The second-order valence-electron chi connectivity index (χ2n) is 5.05. The molecule has 6 heteroatoms. The Morgan fingerprint density at radius 3 is 3.08 bits per heavy atom. The van der Waals surface area contributed by atoms with Crippen LogP contribution in [-0.2, 0) is 6.54 Å². The minimum atomic E-state index is -0.474. The molecule has 0 saturated carbocycles. The van der Waals surface area contributed by atoms with E-state index in [0.29, 0.717) is 11.1 Å². The van der Waals surface area contributed by atoms with Crippen LogP contribution in [-0.4, -0.2) is 17.5 Å². The minimum absolute atomic E-state index is 0.0800. The van der Waals surface area contributed by atoms with Crippen LogP contribution in [0.2, 0.25) is 0 Å². The summed E-state index contributed by atoms with van der Waals surface area (Å²) in [6, 6.07) is 10.1. The first-order valence-electron chi connectivity index (χ1n) is 7.31. The van der Waals surface area contributed by atoms with Crippen molar-refractivity contribution in [3.63, 3.8) is 0 Å². The Morgan fingerprint density at radius 1 is 1.38 bits per heavy atom. The van der Waals surface area contributed by atoms with Crippen molar-refractivity contribution in [2.24, 2.45) is 0 Å². The molecule has 1 amide bonds. The first kappa shape index (κ1) is 16.1. The highest BCUT2D eigenvalue weighted by atomic mass is 32.1. The molecule has 1 N–H and O–H groups in total. The van der Waals surface area contributed by atoms with E-state index in [0.717, 1.165) is 10.2 Å². The van der Waals surface area contributed by atoms with Gasteiger partial charge in [-0.15, -0.1) is 11.3 Å². The maximum atomic E-state index is 14.3. The van der Waals surface area contributed by atoms with E-state index in [1.54, 1.807) is 48.0 Å². The van der Waals surface area contributed by atoms with Crippen molar-refractivity contribution in [3.8, 4) is 5.75 Å². The second-order valence-corrected chi connectivity index (χ2v) is 5.93. The number of thiazole rings is 1. The summed E-state index contributed by atoms with van der Waals surface area (Å²) in [6.45, 7) is 3.83. The van der Waals surface area contributed by atoms with Gasteiger partial charge in [-0.05, 0) is 24.3 Å². The quantitative estimate of drug-likeness (QED) is 0.691. The zero-order valence-electron chi connectivity index (χ0n) is 12.8. The number of benzene rings is 2. The van der Waals surface area contributed by atoms with E-state index in [1.165, 1.54) is 11.3 Å². The third-order valence-corrected chi connectivity index (χ3v) is 4.22. The first-order valence-corrected chi connectivity index (χ1v) is 8.19. The van der Waals surface area contributed by atoms with Gasteiger partial charge < -0.3 is 10.1 Å². The standard InChI is InChI=1S/C18H15FN2O2S/c1-2-8-23-15-5-3-4-13(17(15)19)10-20-18(22)12-6-7-14-16(9-12)24-11-21-14/h2-7,9,11H,1,8,10H2,(H,20,22). The highest BCUT2D eigenvalue weighted by Gasteiger charge is 2.12. The third-order valence-electron chi connectivity index (χ3n) is 3.43. The van der Waals surface area contributed by atoms with Gasteiger partial charge in [-0.1, -0.05) is 24.8 Å². The van der Waals surface area contributed by atoms with E-state index in [2.05, 4.69) is 16.9 Å². The summed E-state index contributed by atoms with van der Waals surface area (Å²) >= 11 is 1.47. The number of hydrogen-bond acceptors (Lipinski definition) is 4. The van der Waals surface area contributed by atoms with Crippen LogP contribution in [0.25, 0.3) is 10.2 Å². The molecule has 0 unspecified atom stereocenters. The fourth-order valence-electron chi connectivity index (χ4n) is 2.23. The number of carbonyl (C=O) groups is 1. The van der Waals surface area contributed by atoms with Gasteiger partial charge >= 0.3 is 0 Å². The van der Waals surface area contributed by atoms with E-state index in [-0.39, 0.29) is 24.8 Å². The van der Waals surface area contributed by atoms with Crippen molar-refractivity contribution in [3.05, 3.63) is 71.5 Å². The van der Waals surface area contributed by atoms with Gasteiger partial charge in [0.15, 0.2) is 11.6 Å². The first-order chi connectivity index (χ1) is 11.7. The number of aromatic nitrogens is 1. The highest BCUT2D eigenvalue weighted by Crippen LogP contribution is 2.21. The van der Waals surface area contributed by atoms with Crippen molar-refractivity contribution in [2.75, 3.05) is 6.61 Å². The van der Waals surface area contributed by atoms with Gasteiger partial charge in [0, 0.05) is 17.7 Å². The number of fused-ring (bicyclic) bond motifs is 1. The molecular formula is C18H15FN2O2S.